The molecule has 10 heteroatoms. The van der Waals surface area contributed by atoms with Gasteiger partial charge in [-0.3, -0.25) is 0 Å². The van der Waals surface area contributed by atoms with Crippen LogP contribution in [0.4, 0.5) is 22.8 Å². The average molecular weight is 530 g/mol. The van der Waals surface area contributed by atoms with Crippen LogP contribution in [0.3, 0.4) is 0 Å². The number of piperidine rings is 1. The van der Waals surface area contributed by atoms with E-state index in [0.717, 1.165) is 23.8 Å². The third-order valence-electron chi connectivity index (χ3n) is 7.55. The first kappa shape index (κ1) is 27.5. The molecule has 0 aliphatic carbocycles. The Labute approximate surface area is 221 Å². The zero-order valence-corrected chi connectivity index (χ0v) is 21.7. The van der Waals surface area contributed by atoms with Crippen LogP contribution in [0.2, 0.25) is 0 Å². The Hall–Kier alpha value is -3.53. The fourth-order valence-corrected chi connectivity index (χ4v) is 5.57. The van der Waals surface area contributed by atoms with Crippen LogP contribution in [0.1, 0.15) is 30.4 Å². The molecule has 2 aromatic carbocycles. The Bertz CT molecular complexity index is 1190. The minimum atomic E-state index is -1.22. The summed E-state index contributed by atoms with van der Waals surface area (Å²) >= 11 is 0. The van der Waals surface area contributed by atoms with Gasteiger partial charge in [-0.15, -0.1) is 0 Å². The lowest BCUT2D eigenvalue weighted by molar-refractivity contribution is 0.0507. The Morgan fingerprint density at radius 3 is 2.61 bits per heavy atom. The molecule has 0 saturated carbocycles. The van der Waals surface area contributed by atoms with E-state index in [1.165, 1.54) is 4.90 Å². The van der Waals surface area contributed by atoms with Gasteiger partial charge in [0, 0.05) is 38.8 Å². The molecule has 7 nitrogen and oxygen atoms in total. The van der Waals surface area contributed by atoms with E-state index >= 15 is 4.39 Å². The van der Waals surface area contributed by atoms with Gasteiger partial charge in [0.15, 0.2) is 0 Å². The summed E-state index contributed by atoms with van der Waals surface area (Å²) in [6.07, 6.45) is 1.87. The van der Waals surface area contributed by atoms with Crippen molar-refractivity contribution in [2.45, 2.75) is 37.0 Å². The average Bonchev–Trinajstić information content (AvgIpc) is 3.28. The fourth-order valence-electron chi connectivity index (χ4n) is 5.57. The van der Waals surface area contributed by atoms with Gasteiger partial charge in [0.2, 0.25) is 0 Å². The Balaban J connectivity index is 1.76. The van der Waals surface area contributed by atoms with Gasteiger partial charge in [0.25, 0.3) is 0 Å². The Morgan fingerprint density at radius 1 is 1.18 bits per heavy atom. The third-order valence-corrected chi connectivity index (χ3v) is 7.55. The highest BCUT2D eigenvalue weighted by atomic mass is 19.1. The number of primary amides is 1. The van der Waals surface area contributed by atoms with E-state index in [2.05, 4.69) is 5.32 Å². The molecule has 2 unspecified atom stereocenters. The van der Waals surface area contributed by atoms with E-state index in [0.29, 0.717) is 31.4 Å². The van der Waals surface area contributed by atoms with E-state index < -0.39 is 41.4 Å². The van der Waals surface area contributed by atoms with Crippen LogP contribution in [0.25, 0.3) is 5.57 Å². The highest BCUT2D eigenvalue weighted by Gasteiger charge is 2.47. The van der Waals surface area contributed by atoms with Crippen LogP contribution < -0.4 is 11.1 Å². The van der Waals surface area contributed by atoms with Crippen LogP contribution in [0.5, 0.6) is 0 Å². The molecule has 4 amide bonds. The van der Waals surface area contributed by atoms with E-state index in [1.807, 2.05) is 42.3 Å². The lowest BCUT2D eigenvalue weighted by Crippen LogP contribution is -2.57. The van der Waals surface area contributed by atoms with Crippen molar-refractivity contribution >= 4 is 17.6 Å². The number of nitrogens with zero attached hydrogens (tertiary/aromatic N) is 3. The largest absolute Gasteiger partial charge is 0.352 e. The second-order valence-electron chi connectivity index (χ2n) is 10.1. The predicted octanol–water partition coefficient (Wildman–Crippen LogP) is 4.10. The van der Waals surface area contributed by atoms with Crippen molar-refractivity contribution in [2.24, 2.45) is 5.73 Å². The SMILES string of the molecule is CN1CCC(N(C)C(=O)N2CC(c3cc(F)ccc3F)=C[C@@]2(CCCNC(N)=O)c2ccccc2)C(F)C1. The molecule has 3 atom stereocenters. The van der Waals surface area contributed by atoms with E-state index in [9.17, 15) is 18.4 Å². The summed E-state index contributed by atoms with van der Waals surface area (Å²) in [6.45, 7) is 1.15. The topological polar surface area (TPSA) is 81.9 Å². The van der Waals surface area contributed by atoms with Gasteiger partial charge in [-0.05, 0) is 61.7 Å². The number of carbonyl (C=O) groups is 2. The minimum absolute atomic E-state index is 0.00522. The lowest BCUT2D eigenvalue weighted by atomic mass is 9.84. The second-order valence-corrected chi connectivity index (χ2v) is 10.1. The maximum atomic E-state index is 15.1. The standard InChI is InChI=1S/C28H34F3N5O2/c1-34-14-11-25(24(31)18-34)35(2)27(38)36-17-19(22-15-21(29)9-10-23(22)30)16-28(36,12-6-13-33-26(32)37)20-7-4-3-5-8-20/h3-5,7-10,15-16,24-25H,6,11-14,17-18H2,1-2H3,(H3,32,33,37)/t24?,25?,28-/m0/s1. The molecule has 2 aliphatic heterocycles. The van der Waals surface area contributed by atoms with Crippen LogP contribution in [0, 0.1) is 11.6 Å². The number of hydrogen-bond donors (Lipinski definition) is 2. The van der Waals surface area contributed by atoms with Crippen molar-refractivity contribution in [3.05, 3.63) is 77.4 Å². The van der Waals surface area contributed by atoms with Gasteiger partial charge >= 0.3 is 12.1 Å². The van der Waals surface area contributed by atoms with Crippen molar-refractivity contribution in [3.8, 4) is 0 Å². The maximum absolute atomic E-state index is 15.1. The number of halogens is 3. The van der Waals surface area contributed by atoms with Gasteiger partial charge in [-0.25, -0.2) is 22.8 Å². The lowest BCUT2D eigenvalue weighted by Gasteiger charge is -2.44. The van der Waals surface area contributed by atoms with Gasteiger partial charge < -0.3 is 25.8 Å². The van der Waals surface area contributed by atoms with Crippen molar-refractivity contribution < 1.29 is 22.8 Å². The number of carbonyl (C=O) groups excluding carboxylic acids is 2. The van der Waals surface area contributed by atoms with E-state index in [-0.39, 0.29) is 25.2 Å². The number of likely N-dealkylation sites (tertiary alicyclic amines) is 1. The molecule has 204 valence electrons. The summed E-state index contributed by atoms with van der Waals surface area (Å²) in [5.74, 6) is -1.19. The molecular weight excluding hydrogens is 495 g/mol. The molecule has 0 spiro atoms. The van der Waals surface area contributed by atoms with Crippen LogP contribution >= 0.6 is 0 Å². The zero-order valence-electron chi connectivity index (χ0n) is 21.7. The van der Waals surface area contributed by atoms with Gasteiger partial charge in [0.05, 0.1) is 11.6 Å². The Morgan fingerprint density at radius 2 is 1.92 bits per heavy atom. The second kappa shape index (κ2) is 11.5. The molecule has 2 aromatic rings. The zero-order chi connectivity index (χ0) is 27.4. The van der Waals surface area contributed by atoms with Gasteiger partial charge in [-0.2, -0.15) is 0 Å². The van der Waals surface area contributed by atoms with E-state index in [1.54, 1.807) is 18.0 Å². The quantitative estimate of drug-likeness (QED) is 0.530. The summed E-state index contributed by atoms with van der Waals surface area (Å²) in [7, 11) is 3.44. The highest BCUT2D eigenvalue weighted by Crippen LogP contribution is 2.44. The minimum Gasteiger partial charge on any atom is -0.352 e. The number of hydrogen-bond acceptors (Lipinski definition) is 3. The van der Waals surface area contributed by atoms with Crippen molar-refractivity contribution in [1.29, 1.82) is 0 Å². The van der Waals surface area contributed by atoms with Crippen molar-refractivity contribution in [3.63, 3.8) is 0 Å². The molecule has 1 saturated heterocycles. The summed E-state index contributed by atoms with van der Waals surface area (Å²) in [5.41, 5.74) is 5.48. The van der Waals surface area contributed by atoms with Crippen LogP contribution in [-0.2, 0) is 5.54 Å². The molecule has 2 heterocycles. The number of urea groups is 2. The summed E-state index contributed by atoms with van der Waals surface area (Å²) in [4.78, 5) is 30.3. The molecule has 4 rings (SSSR count). The summed E-state index contributed by atoms with van der Waals surface area (Å²) in [6, 6.07) is 10.8. The number of nitrogens with two attached hydrogens (primary N) is 1. The third kappa shape index (κ3) is 5.65. The van der Waals surface area contributed by atoms with E-state index in [4.69, 9.17) is 5.73 Å². The first-order valence-electron chi connectivity index (χ1n) is 12.8. The molecule has 0 radical (unpaired) electrons. The number of rotatable bonds is 7. The number of alkyl halides is 1. The monoisotopic (exact) mass is 529 g/mol. The highest BCUT2D eigenvalue weighted by molar-refractivity contribution is 5.83. The fraction of sp³-hybridized carbons (Fsp3) is 0.429. The summed E-state index contributed by atoms with van der Waals surface area (Å²) in [5, 5.41) is 2.57. The van der Waals surface area contributed by atoms with Crippen molar-refractivity contribution in [1.82, 2.24) is 20.0 Å². The van der Waals surface area contributed by atoms with Crippen LogP contribution in [-0.4, -0.2) is 79.2 Å². The van der Waals surface area contributed by atoms with Gasteiger partial charge in [0.1, 0.15) is 17.8 Å². The van der Waals surface area contributed by atoms with Gasteiger partial charge in [-0.1, -0.05) is 30.3 Å². The molecule has 3 N–H and O–H groups in total. The molecule has 2 aliphatic rings. The molecular formula is C28H34F3N5O2. The number of amides is 4. The maximum Gasteiger partial charge on any atom is 0.321 e. The first-order chi connectivity index (χ1) is 18.1. The molecule has 0 bridgehead atoms. The molecule has 0 aromatic heterocycles. The first-order valence-corrected chi connectivity index (χ1v) is 12.8. The Kier molecular flexibility index (Phi) is 8.30. The summed E-state index contributed by atoms with van der Waals surface area (Å²) < 4.78 is 44.1. The normalized spacial score (nSPS) is 23.7. The number of benzene rings is 2. The molecule has 38 heavy (non-hydrogen) atoms. The number of nitrogens with one attached hydrogen (secondary N) is 1. The smallest absolute Gasteiger partial charge is 0.321 e. The molecule has 1 fully saturated rings. The van der Waals surface area contributed by atoms with Crippen molar-refractivity contribution in [2.75, 3.05) is 40.3 Å². The van der Waals surface area contributed by atoms with Crippen LogP contribution in [0.15, 0.2) is 54.6 Å². The predicted molar refractivity (Wildman–Crippen MR) is 140 cm³/mol.